The summed E-state index contributed by atoms with van der Waals surface area (Å²) in [6.07, 6.45) is 4.32. The second-order valence-electron chi connectivity index (χ2n) is 6.84. The van der Waals surface area contributed by atoms with Crippen molar-refractivity contribution < 1.29 is 9.18 Å². The molecule has 1 aliphatic rings. The Bertz CT molecular complexity index is 917. The molecule has 0 atom stereocenters. The van der Waals surface area contributed by atoms with Gasteiger partial charge in [0.25, 0.3) is 0 Å². The lowest BCUT2D eigenvalue weighted by molar-refractivity contribution is -0.116. The number of anilines is 2. The summed E-state index contributed by atoms with van der Waals surface area (Å²) in [6.45, 7) is 1.79. The van der Waals surface area contributed by atoms with Crippen LogP contribution in [0.5, 0.6) is 0 Å². The zero-order valence-electron chi connectivity index (χ0n) is 15.1. The molecule has 3 aromatic rings. The van der Waals surface area contributed by atoms with Crippen molar-refractivity contribution in [2.24, 2.45) is 0 Å². The van der Waals surface area contributed by atoms with Gasteiger partial charge in [-0.3, -0.25) is 4.79 Å². The van der Waals surface area contributed by atoms with Crippen LogP contribution in [0.4, 0.5) is 15.8 Å². The number of para-hydroxylation sites is 1. The van der Waals surface area contributed by atoms with Crippen LogP contribution in [0.25, 0.3) is 10.2 Å². The van der Waals surface area contributed by atoms with Gasteiger partial charge >= 0.3 is 0 Å². The van der Waals surface area contributed by atoms with E-state index in [0.29, 0.717) is 24.2 Å². The first-order chi connectivity index (χ1) is 13.2. The minimum Gasteiger partial charge on any atom is -0.369 e. The number of piperidine rings is 1. The van der Waals surface area contributed by atoms with Gasteiger partial charge in [0.2, 0.25) is 5.91 Å². The maximum Gasteiger partial charge on any atom is 0.224 e. The van der Waals surface area contributed by atoms with Crippen molar-refractivity contribution in [3.63, 3.8) is 0 Å². The van der Waals surface area contributed by atoms with E-state index in [2.05, 4.69) is 15.2 Å². The maximum absolute atomic E-state index is 14.5. The Morgan fingerprint density at radius 2 is 1.96 bits per heavy atom. The van der Waals surface area contributed by atoms with Crippen LogP contribution >= 0.6 is 11.3 Å². The number of halogens is 1. The molecule has 27 heavy (non-hydrogen) atoms. The molecule has 140 valence electrons. The van der Waals surface area contributed by atoms with E-state index in [-0.39, 0.29) is 11.7 Å². The fourth-order valence-corrected chi connectivity index (χ4v) is 4.41. The highest BCUT2D eigenvalue weighted by molar-refractivity contribution is 7.18. The Labute approximate surface area is 162 Å². The second-order valence-corrected chi connectivity index (χ2v) is 7.95. The van der Waals surface area contributed by atoms with Crippen LogP contribution < -0.4 is 10.2 Å². The highest BCUT2D eigenvalue weighted by Crippen LogP contribution is 2.26. The third-order valence-electron chi connectivity index (χ3n) is 4.83. The number of carbonyl (C=O) groups excluding carboxylic acids is 1. The molecule has 0 radical (unpaired) electrons. The number of aryl methyl sites for hydroxylation is 1. The molecule has 1 saturated heterocycles. The van der Waals surface area contributed by atoms with Gasteiger partial charge in [-0.15, -0.1) is 11.3 Å². The lowest BCUT2D eigenvalue weighted by atomic mass is 10.1. The summed E-state index contributed by atoms with van der Waals surface area (Å²) in [6, 6.07) is 12.9. The predicted octanol–water partition coefficient (Wildman–Crippen LogP) is 5.00. The number of nitrogens with one attached hydrogen (secondary N) is 1. The summed E-state index contributed by atoms with van der Waals surface area (Å²) in [7, 11) is 0. The van der Waals surface area contributed by atoms with Gasteiger partial charge in [-0.05, 0) is 49.6 Å². The van der Waals surface area contributed by atoms with E-state index in [0.717, 1.165) is 41.2 Å². The molecule has 0 bridgehead atoms. The van der Waals surface area contributed by atoms with Crippen molar-refractivity contribution in [1.82, 2.24) is 4.98 Å². The molecule has 1 amide bonds. The van der Waals surface area contributed by atoms with E-state index >= 15 is 0 Å². The Balaban J connectivity index is 1.35. The Morgan fingerprint density at radius 3 is 2.74 bits per heavy atom. The predicted molar refractivity (Wildman–Crippen MR) is 109 cm³/mol. The fourth-order valence-electron chi connectivity index (χ4n) is 3.45. The number of benzene rings is 2. The van der Waals surface area contributed by atoms with Gasteiger partial charge in [-0.25, -0.2) is 9.37 Å². The molecule has 0 aliphatic carbocycles. The average Bonchev–Trinajstić information content (AvgIpc) is 3.10. The largest absolute Gasteiger partial charge is 0.369 e. The van der Waals surface area contributed by atoms with Gasteiger partial charge < -0.3 is 10.2 Å². The quantitative estimate of drug-likeness (QED) is 0.675. The topological polar surface area (TPSA) is 45.2 Å². The molecule has 1 aliphatic heterocycles. The first-order valence-electron chi connectivity index (χ1n) is 9.38. The highest BCUT2D eigenvalue weighted by Gasteiger charge is 2.15. The standard InChI is InChI=1S/C21H22FN3OS/c22-16-14-15(8-9-18(16)25-12-4-1-5-13-25)23-20(26)10-11-21-24-17-6-2-3-7-19(17)27-21/h2-3,6-9,14H,1,4-5,10-13H2,(H,23,26). The van der Waals surface area contributed by atoms with E-state index in [1.165, 1.54) is 12.5 Å². The Kier molecular flexibility index (Phi) is 5.34. The summed E-state index contributed by atoms with van der Waals surface area (Å²) in [4.78, 5) is 18.9. The van der Waals surface area contributed by atoms with Gasteiger partial charge in [-0.2, -0.15) is 0 Å². The van der Waals surface area contributed by atoms with E-state index in [1.54, 1.807) is 23.5 Å². The Hall–Kier alpha value is -2.47. The summed E-state index contributed by atoms with van der Waals surface area (Å²) >= 11 is 1.61. The van der Waals surface area contributed by atoms with Gasteiger partial charge in [-0.1, -0.05) is 12.1 Å². The van der Waals surface area contributed by atoms with Gasteiger partial charge in [0.05, 0.1) is 20.9 Å². The van der Waals surface area contributed by atoms with Crippen molar-refractivity contribution in [1.29, 1.82) is 0 Å². The van der Waals surface area contributed by atoms with Crippen LogP contribution in [0.2, 0.25) is 0 Å². The van der Waals surface area contributed by atoms with Crippen molar-refractivity contribution in [2.45, 2.75) is 32.1 Å². The van der Waals surface area contributed by atoms with Crippen molar-refractivity contribution >= 4 is 38.8 Å². The SMILES string of the molecule is O=C(CCc1nc2ccccc2s1)Nc1ccc(N2CCCCC2)c(F)c1. The summed E-state index contributed by atoms with van der Waals surface area (Å²) < 4.78 is 15.6. The highest BCUT2D eigenvalue weighted by atomic mass is 32.1. The average molecular weight is 383 g/mol. The van der Waals surface area contributed by atoms with Crippen LogP contribution in [0.1, 0.15) is 30.7 Å². The van der Waals surface area contributed by atoms with Crippen molar-refractivity contribution in [2.75, 3.05) is 23.3 Å². The summed E-state index contributed by atoms with van der Waals surface area (Å²) in [5, 5.41) is 3.74. The zero-order chi connectivity index (χ0) is 18.6. The molecular formula is C21H22FN3OS. The van der Waals surface area contributed by atoms with Crippen molar-refractivity contribution in [3.05, 3.63) is 53.3 Å². The van der Waals surface area contributed by atoms with Gasteiger partial charge in [0, 0.05) is 31.6 Å². The van der Waals surface area contributed by atoms with E-state index in [4.69, 9.17) is 0 Å². The van der Waals surface area contributed by atoms with Crippen LogP contribution in [0.3, 0.4) is 0 Å². The second kappa shape index (κ2) is 8.05. The molecule has 2 heterocycles. The number of amides is 1. The van der Waals surface area contributed by atoms with Crippen LogP contribution in [-0.4, -0.2) is 24.0 Å². The van der Waals surface area contributed by atoms with Crippen molar-refractivity contribution in [3.8, 4) is 0 Å². The Morgan fingerprint density at radius 1 is 1.15 bits per heavy atom. The van der Waals surface area contributed by atoms with Crippen LogP contribution in [-0.2, 0) is 11.2 Å². The third kappa shape index (κ3) is 4.27. The van der Waals surface area contributed by atoms with E-state index in [9.17, 15) is 9.18 Å². The first-order valence-corrected chi connectivity index (χ1v) is 10.2. The first kappa shape index (κ1) is 17.9. The number of nitrogens with zero attached hydrogens (tertiary/aromatic N) is 2. The fraction of sp³-hybridized carbons (Fsp3) is 0.333. The molecule has 1 N–H and O–H groups in total. The molecule has 4 nitrogen and oxygen atoms in total. The number of fused-ring (bicyclic) bond motifs is 1. The number of carbonyl (C=O) groups is 1. The molecule has 1 aromatic heterocycles. The number of thiazole rings is 1. The van der Waals surface area contributed by atoms with Crippen LogP contribution in [0, 0.1) is 5.82 Å². The van der Waals surface area contributed by atoms with Gasteiger partial charge in [0.15, 0.2) is 0 Å². The normalized spacial score (nSPS) is 14.5. The van der Waals surface area contributed by atoms with Crippen LogP contribution in [0.15, 0.2) is 42.5 Å². The molecule has 0 unspecified atom stereocenters. The minimum absolute atomic E-state index is 0.126. The molecule has 4 rings (SSSR count). The number of hydrogen-bond donors (Lipinski definition) is 1. The smallest absolute Gasteiger partial charge is 0.224 e. The summed E-state index contributed by atoms with van der Waals surface area (Å²) in [5.74, 6) is -0.403. The third-order valence-corrected chi connectivity index (χ3v) is 5.93. The lowest BCUT2D eigenvalue weighted by Crippen LogP contribution is -2.30. The monoisotopic (exact) mass is 383 g/mol. The van der Waals surface area contributed by atoms with E-state index < -0.39 is 0 Å². The number of hydrogen-bond acceptors (Lipinski definition) is 4. The minimum atomic E-state index is -0.277. The van der Waals surface area contributed by atoms with E-state index in [1.807, 2.05) is 24.3 Å². The number of rotatable bonds is 5. The molecule has 0 spiro atoms. The maximum atomic E-state index is 14.5. The number of aromatic nitrogens is 1. The lowest BCUT2D eigenvalue weighted by Gasteiger charge is -2.29. The molecule has 1 fully saturated rings. The molecular weight excluding hydrogens is 361 g/mol. The van der Waals surface area contributed by atoms with Gasteiger partial charge in [0.1, 0.15) is 5.82 Å². The molecule has 6 heteroatoms. The summed E-state index contributed by atoms with van der Waals surface area (Å²) in [5.41, 5.74) is 2.10. The molecule has 2 aromatic carbocycles. The molecule has 0 saturated carbocycles. The zero-order valence-corrected chi connectivity index (χ0v) is 15.9.